The predicted octanol–water partition coefficient (Wildman–Crippen LogP) is 3.31. The molecule has 1 aromatic carbocycles. The number of nitrogens with two attached hydrogens (primary N) is 2. The average Bonchev–Trinajstić information content (AvgIpc) is 3.52. The van der Waals surface area contributed by atoms with Crippen LogP contribution < -0.4 is 16.7 Å². The van der Waals surface area contributed by atoms with Gasteiger partial charge in [-0.2, -0.15) is 5.10 Å². The molecule has 0 unspecified atom stereocenters. The van der Waals surface area contributed by atoms with E-state index in [9.17, 15) is 9.18 Å². The molecule has 39 heavy (non-hydrogen) atoms. The van der Waals surface area contributed by atoms with Gasteiger partial charge in [-0.1, -0.05) is 12.1 Å². The number of benzene rings is 1. The van der Waals surface area contributed by atoms with Crippen LogP contribution in [-0.4, -0.2) is 59.8 Å². The quantitative estimate of drug-likeness (QED) is 0.180. The first-order valence-electron chi connectivity index (χ1n) is 11.8. The van der Waals surface area contributed by atoms with Gasteiger partial charge in [-0.3, -0.25) is 10.1 Å². The summed E-state index contributed by atoms with van der Waals surface area (Å²) in [4.78, 5) is 31.6. The number of aromatic amines is 1. The summed E-state index contributed by atoms with van der Waals surface area (Å²) in [6.07, 6.45) is 6.44. The summed E-state index contributed by atoms with van der Waals surface area (Å²) in [6, 6.07) is 11.2. The number of nitrogen functional groups attached to an aromatic ring is 1. The fraction of sp³-hybridized carbons (Fsp3) is 0.0769. The van der Waals surface area contributed by atoms with Gasteiger partial charge in [-0.15, -0.1) is 0 Å². The maximum Gasteiger partial charge on any atom is 0.338 e. The number of H-pyrrole nitrogens is 1. The predicted molar refractivity (Wildman–Crippen MR) is 145 cm³/mol. The van der Waals surface area contributed by atoms with Crippen LogP contribution in [0.25, 0.3) is 56.0 Å². The standard InChI is InChI=1S/C26H22FN11O/c1-36(2)26(39)37(28)18-9-15(11-30-13-18)16-10-20-22(34-35-23(20)32-12-16)25-33-21-19(7-8-31-24(21)38(25)29)14-3-5-17(27)6-4-14/h3-13H,28-29H2,1-2H3,(H,32,34,35). The van der Waals surface area contributed by atoms with Crippen LogP contribution in [0.1, 0.15) is 0 Å². The number of aromatic nitrogens is 7. The van der Waals surface area contributed by atoms with Crippen molar-refractivity contribution in [3.63, 3.8) is 0 Å². The van der Waals surface area contributed by atoms with Gasteiger partial charge in [0.15, 0.2) is 17.1 Å². The molecule has 0 saturated heterocycles. The van der Waals surface area contributed by atoms with Crippen LogP contribution >= 0.6 is 0 Å². The number of rotatable bonds is 4. The maximum absolute atomic E-state index is 13.5. The van der Waals surface area contributed by atoms with E-state index in [1.165, 1.54) is 27.9 Å². The van der Waals surface area contributed by atoms with Crippen LogP contribution in [0.4, 0.5) is 14.9 Å². The molecule has 0 aliphatic rings. The van der Waals surface area contributed by atoms with E-state index in [2.05, 4.69) is 25.1 Å². The van der Waals surface area contributed by atoms with E-state index in [1.54, 1.807) is 57.0 Å². The number of urea groups is 1. The number of halogens is 1. The summed E-state index contributed by atoms with van der Waals surface area (Å²) in [5.74, 6) is 12.5. The molecule has 5 N–H and O–H groups in total. The molecular formula is C26H22FN11O. The Morgan fingerprint density at radius 3 is 2.54 bits per heavy atom. The number of anilines is 1. The van der Waals surface area contributed by atoms with Crippen molar-refractivity contribution < 1.29 is 9.18 Å². The zero-order chi connectivity index (χ0) is 27.3. The molecule has 6 rings (SSSR count). The minimum Gasteiger partial charge on any atom is -0.336 e. The lowest BCUT2D eigenvalue weighted by Crippen LogP contribution is -2.44. The van der Waals surface area contributed by atoms with Gasteiger partial charge in [-0.05, 0) is 35.9 Å². The number of nitrogens with one attached hydrogen (secondary N) is 1. The monoisotopic (exact) mass is 523 g/mol. The van der Waals surface area contributed by atoms with E-state index >= 15 is 0 Å². The largest absolute Gasteiger partial charge is 0.338 e. The lowest BCUT2D eigenvalue weighted by atomic mass is 10.1. The molecule has 0 bridgehead atoms. The number of nitrogens with zero attached hydrogens (tertiary/aromatic N) is 8. The van der Waals surface area contributed by atoms with Crippen LogP contribution in [0.2, 0.25) is 0 Å². The highest BCUT2D eigenvalue weighted by molar-refractivity contribution is 5.97. The van der Waals surface area contributed by atoms with Crippen molar-refractivity contribution in [1.29, 1.82) is 0 Å². The van der Waals surface area contributed by atoms with Gasteiger partial charge >= 0.3 is 6.03 Å². The maximum atomic E-state index is 13.5. The lowest BCUT2D eigenvalue weighted by molar-refractivity contribution is 0.224. The van der Waals surface area contributed by atoms with Crippen LogP contribution in [-0.2, 0) is 0 Å². The van der Waals surface area contributed by atoms with Crippen LogP contribution in [0.5, 0.6) is 0 Å². The van der Waals surface area contributed by atoms with E-state index in [1.807, 2.05) is 6.07 Å². The van der Waals surface area contributed by atoms with Crippen molar-refractivity contribution in [2.45, 2.75) is 0 Å². The molecule has 5 heterocycles. The normalized spacial score (nSPS) is 11.3. The molecule has 0 radical (unpaired) electrons. The van der Waals surface area contributed by atoms with Crippen molar-refractivity contribution in [3.05, 3.63) is 73.1 Å². The average molecular weight is 524 g/mol. The van der Waals surface area contributed by atoms with Gasteiger partial charge in [0, 0.05) is 49.4 Å². The zero-order valence-electron chi connectivity index (χ0n) is 20.9. The van der Waals surface area contributed by atoms with Crippen molar-refractivity contribution in [3.8, 4) is 33.8 Å². The smallest absolute Gasteiger partial charge is 0.336 e. The van der Waals surface area contributed by atoms with Gasteiger partial charge in [0.1, 0.15) is 17.0 Å². The number of fused-ring (bicyclic) bond motifs is 2. The van der Waals surface area contributed by atoms with Crippen LogP contribution in [0, 0.1) is 5.82 Å². The molecule has 6 aromatic rings. The summed E-state index contributed by atoms with van der Waals surface area (Å²) in [7, 11) is 3.22. The number of hydrazine groups is 1. The number of carbonyl (C=O) groups excluding carboxylic acids is 1. The van der Waals surface area contributed by atoms with Crippen LogP contribution in [0.3, 0.4) is 0 Å². The Hall–Kier alpha value is -5.43. The highest BCUT2D eigenvalue weighted by atomic mass is 19.1. The molecule has 0 spiro atoms. The molecule has 5 aromatic heterocycles. The van der Waals surface area contributed by atoms with Crippen molar-refractivity contribution in [2.75, 3.05) is 24.9 Å². The van der Waals surface area contributed by atoms with E-state index in [4.69, 9.17) is 16.7 Å². The van der Waals surface area contributed by atoms with Gasteiger partial charge < -0.3 is 10.7 Å². The Balaban J connectivity index is 1.45. The minimum absolute atomic E-state index is 0.329. The number of hydrogen-bond donors (Lipinski definition) is 3. The molecule has 13 heteroatoms. The molecule has 0 fully saturated rings. The first-order valence-corrected chi connectivity index (χ1v) is 11.8. The zero-order valence-corrected chi connectivity index (χ0v) is 20.9. The summed E-state index contributed by atoms with van der Waals surface area (Å²) >= 11 is 0. The fourth-order valence-electron chi connectivity index (χ4n) is 4.29. The molecule has 0 saturated carbocycles. The Morgan fingerprint density at radius 2 is 1.77 bits per heavy atom. The Labute approximate surface area is 220 Å². The SMILES string of the molecule is CN(C)C(=O)N(N)c1cncc(-c2cnc3[nH]nc(-c4nc5c(-c6ccc(F)cc6)ccnc5n4N)c3c2)c1. The molecule has 2 amide bonds. The van der Waals surface area contributed by atoms with Crippen LogP contribution in [0.15, 0.2) is 67.3 Å². The second kappa shape index (κ2) is 9.15. The third kappa shape index (κ3) is 4.06. The first-order chi connectivity index (χ1) is 18.8. The van der Waals surface area contributed by atoms with E-state index in [-0.39, 0.29) is 5.82 Å². The Bertz CT molecular complexity index is 1860. The van der Waals surface area contributed by atoms with Crippen molar-refractivity contribution in [2.24, 2.45) is 5.84 Å². The topological polar surface area (TPSA) is 161 Å². The van der Waals surface area contributed by atoms with Crippen molar-refractivity contribution >= 4 is 33.9 Å². The molecule has 0 aliphatic heterocycles. The number of amides is 2. The van der Waals surface area contributed by atoms with E-state index < -0.39 is 6.03 Å². The summed E-state index contributed by atoms with van der Waals surface area (Å²) in [5, 5.41) is 9.04. The third-order valence-electron chi connectivity index (χ3n) is 6.29. The second-order valence-corrected chi connectivity index (χ2v) is 9.01. The second-order valence-electron chi connectivity index (χ2n) is 9.01. The lowest BCUT2D eigenvalue weighted by Gasteiger charge is -2.21. The number of hydrogen-bond acceptors (Lipinski definition) is 8. The van der Waals surface area contributed by atoms with Gasteiger partial charge in [0.2, 0.25) is 0 Å². The Kier molecular flexibility index (Phi) is 5.61. The molecule has 194 valence electrons. The molecule has 0 atom stereocenters. The van der Waals surface area contributed by atoms with Gasteiger partial charge in [0.25, 0.3) is 0 Å². The van der Waals surface area contributed by atoms with Gasteiger partial charge in [-0.25, -0.2) is 39.7 Å². The fourth-order valence-corrected chi connectivity index (χ4v) is 4.29. The minimum atomic E-state index is -0.393. The molecule has 12 nitrogen and oxygen atoms in total. The van der Waals surface area contributed by atoms with E-state index in [0.717, 1.165) is 21.7 Å². The van der Waals surface area contributed by atoms with E-state index in [0.29, 0.717) is 45.0 Å². The third-order valence-corrected chi connectivity index (χ3v) is 6.29. The van der Waals surface area contributed by atoms with Crippen molar-refractivity contribution in [1.82, 2.24) is 39.7 Å². The summed E-state index contributed by atoms with van der Waals surface area (Å²) < 4.78 is 14.9. The number of pyridine rings is 3. The number of carbonyl (C=O) groups is 1. The number of imidazole rings is 1. The van der Waals surface area contributed by atoms with Gasteiger partial charge in [0.05, 0.1) is 17.3 Å². The summed E-state index contributed by atoms with van der Waals surface area (Å²) in [6.45, 7) is 0. The summed E-state index contributed by atoms with van der Waals surface area (Å²) in [5.41, 5.74) is 5.35. The highest BCUT2D eigenvalue weighted by Crippen LogP contribution is 2.33. The highest BCUT2D eigenvalue weighted by Gasteiger charge is 2.21. The molecule has 0 aliphatic carbocycles. The Morgan fingerprint density at radius 1 is 1.00 bits per heavy atom. The first kappa shape index (κ1) is 23.9. The molecular weight excluding hydrogens is 501 g/mol.